The summed E-state index contributed by atoms with van der Waals surface area (Å²) in [7, 11) is 0. The van der Waals surface area contributed by atoms with Crippen molar-refractivity contribution in [3.8, 4) is 11.4 Å². The predicted octanol–water partition coefficient (Wildman–Crippen LogP) is 3.66. The van der Waals surface area contributed by atoms with Gasteiger partial charge < -0.3 is 4.98 Å². The summed E-state index contributed by atoms with van der Waals surface area (Å²) in [5, 5.41) is 0. The number of H-pyrrole nitrogens is 1. The molecule has 0 unspecified atom stereocenters. The minimum absolute atomic E-state index is 0.777. The zero-order valence-corrected chi connectivity index (χ0v) is 11.1. The Kier molecular flexibility index (Phi) is 2.80. The molecule has 0 saturated heterocycles. The van der Waals surface area contributed by atoms with Crippen LogP contribution >= 0.6 is 11.8 Å². The van der Waals surface area contributed by atoms with Gasteiger partial charge in [0.2, 0.25) is 0 Å². The van der Waals surface area contributed by atoms with Gasteiger partial charge in [-0.15, -0.1) is 11.8 Å². The first-order valence-electron chi connectivity index (χ1n) is 5.74. The van der Waals surface area contributed by atoms with Crippen LogP contribution in [0.3, 0.4) is 0 Å². The van der Waals surface area contributed by atoms with Crippen molar-refractivity contribution in [1.82, 2.24) is 15.0 Å². The molecular weight excluding hydrogens is 242 g/mol. The number of aryl methyl sites for hydroxylation is 1. The zero-order chi connectivity index (χ0) is 12.5. The number of thioether (sulfide) groups is 1. The summed E-state index contributed by atoms with van der Waals surface area (Å²) < 4.78 is 0. The first-order valence-corrected chi connectivity index (χ1v) is 6.96. The predicted molar refractivity (Wildman–Crippen MR) is 75.8 cm³/mol. The number of benzene rings is 1. The van der Waals surface area contributed by atoms with Crippen LogP contribution in [0.1, 0.15) is 5.69 Å². The average molecular weight is 255 g/mol. The van der Waals surface area contributed by atoms with Gasteiger partial charge in [0.15, 0.2) is 5.65 Å². The highest BCUT2D eigenvalue weighted by Gasteiger charge is 2.06. The molecule has 1 N–H and O–H groups in total. The number of nitrogens with zero attached hydrogens (tertiary/aromatic N) is 2. The number of aromatic nitrogens is 3. The van der Waals surface area contributed by atoms with E-state index < -0.39 is 0 Å². The van der Waals surface area contributed by atoms with Gasteiger partial charge in [0.1, 0.15) is 5.82 Å². The van der Waals surface area contributed by atoms with Crippen LogP contribution in [0.4, 0.5) is 0 Å². The standard InChI is InChI=1S/C14H13N3S/c1-9-3-8-12-14(15-9)17-13(16-12)10-4-6-11(18-2)7-5-10/h3-8H,1-2H3,(H,15,16,17). The SMILES string of the molecule is CSc1ccc(-c2nc3nc(C)ccc3[nH]2)cc1. The van der Waals surface area contributed by atoms with Crippen LogP contribution in [0.15, 0.2) is 41.3 Å². The number of imidazole rings is 1. The van der Waals surface area contributed by atoms with E-state index in [9.17, 15) is 0 Å². The van der Waals surface area contributed by atoms with Gasteiger partial charge >= 0.3 is 0 Å². The maximum absolute atomic E-state index is 4.53. The summed E-state index contributed by atoms with van der Waals surface area (Å²) in [5.41, 5.74) is 3.82. The van der Waals surface area contributed by atoms with Crippen molar-refractivity contribution >= 4 is 22.9 Å². The number of hydrogen-bond acceptors (Lipinski definition) is 3. The van der Waals surface area contributed by atoms with Crippen molar-refractivity contribution in [2.24, 2.45) is 0 Å². The van der Waals surface area contributed by atoms with Gasteiger partial charge in [-0.1, -0.05) is 12.1 Å². The van der Waals surface area contributed by atoms with Gasteiger partial charge in [0.25, 0.3) is 0 Å². The van der Waals surface area contributed by atoms with Crippen molar-refractivity contribution < 1.29 is 0 Å². The van der Waals surface area contributed by atoms with Crippen LogP contribution in [-0.4, -0.2) is 21.2 Å². The molecule has 1 aromatic carbocycles. The molecule has 0 fully saturated rings. The van der Waals surface area contributed by atoms with Crippen molar-refractivity contribution in [2.75, 3.05) is 6.26 Å². The number of rotatable bonds is 2. The van der Waals surface area contributed by atoms with E-state index in [4.69, 9.17) is 0 Å². The third-order valence-electron chi connectivity index (χ3n) is 2.85. The molecule has 0 saturated carbocycles. The summed E-state index contributed by atoms with van der Waals surface area (Å²) in [6.07, 6.45) is 2.07. The second-order valence-electron chi connectivity index (χ2n) is 4.14. The van der Waals surface area contributed by atoms with Gasteiger partial charge in [0, 0.05) is 16.2 Å². The molecule has 18 heavy (non-hydrogen) atoms. The lowest BCUT2D eigenvalue weighted by Gasteiger charge is -1.98. The van der Waals surface area contributed by atoms with Gasteiger partial charge in [-0.3, -0.25) is 0 Å². The maximum atomic E-state index is 4.53. The minimum Gasteiger partial charge on any atom is -0.337 e. The van der Waals surface area contributed by atoms with E-state index in [2.05, 4.69) is 45.5 Å². The summed E-state index contributed by atoms with van der Waals surface area (Å²) in [6, 6.07) is 12.4. The maximum Gasteiger partial charge on any atom is 0.178 e. The largest absolute Gasteiger partial charge is 0.337 e. The average Bonchev–Trinajstić information content (AvgIpc) is 2.81. The molecular formula is C14H13N3S. The van der Waals surface area contributed by atoms with Crippen molar-refractivity contribution in [3.63, 3.8) is 0 Å². The molecule has 0 aliphatic heterocycles. The van der Waals surface area contributed by atoms with E-state index in [1.807, 2.05) is 19.1 Å². The Morgan fingerprint density at radius 1 is 1.00 bits per heavy atom. The fourth-order valence-electron chi connectivity index (χ4n) is 1.87. The van der Waals surface area contributed by atoms with Crippen LogP contribution in [0.2, 0.25) is 0 Å². The Bertz CT molecular complexity index is 686. The molecule has 0 aliphatic carbocycles. The normalized spacial score (nSPS) is 11.0. The summed E-state index contributed by atoms with van der Waals surface area (Å²) >= 11 is 1.74. The number of hydrogen-bond donors (Lipinski definition) is 1. The molecule has 3 aromatic rings. The Balaban J connectivity index is 2.07. The third kappa shape index (κ3) is 1.99. The van der Waals surface area contributed by atoms with Gasteiger partial charge in [-0.25, -0.2) is 9.97 Å². The fraction of sp³-hybridized carbons (Fsp3) is 0.143. The molecule has 3 rings (SSSR count). The zero-order valence-electron chi connectivity index (χ0n) is 10.3. The molecule has 2 aromatic heterocycles. The highest BCUT2D eigenvalue weighted by molar-refractivity contribution is 7.98. The number of fused-ring (bicyclic) bond motifs is 1. The Morgan fingerprint density at radius 2 is 1.78 bits per heavy atom. The number of nitrogens with one attached hydrogen (secondary N) is 1. The van der Waals surface area contributed by atoms with Crippen LogP contribution in [0, 0.1) is 6.92 Å². The number of aromatic amines is 1. The molecule has 0 spiro atoms. The lowest BCUT2D eigenvalue weighted by Crippen LogP contribution is -1.81. The monoisotopic (exact) mass is 255 g/mol. The second-order valence-corrected chi connectivity index (χ2v) is 5.02. The third-order valence-corrected chi connectivity index (χ3v) is 3.59. The van der Waals surface area contributed by atoms with E-state index in [0.717, 1.165) is 28.2 Å². The smallest absolute Gasteiger partial charge is 0.178 e. The van der Waals surface area contributed by atoms with E-state index in [-0.39, 0.29) is 0 Å². The minimum atomic E-state index is 0.777. The summed E-state index contributed by atoms with van der Waals surface area (Å²) in [5.74, 6) is 0.871. The fourth-order valence-corrected chi connectivity index (χ4v) is 2.28. The Hall–Kier alpha value is -1.81. The van der Waals surface area contributed by atoms with E-state index in [1.54, 1.807) is 11.8 Å². The molecule has 0 radical (unpaired) electrons. The molecule has 0 bridgehead atoms. The van der Waals surface area contributed by atoms with Gasteiger partial charge in [-0.2, -0.15) is 0 Å². The van der Waals surface area contributed by atoms with Crippen molar-refractivity contribution in [1.29, 1.82) is 0 Å². The Labute approximate surface area is 110 Å². The van der Waals surface area contributed by atoms with E-state index >= 15 is 0 Å². The number of pyridine rings is 1. The lowest BCUT2D eigenvalue weighted by molar-refractivity contribution is 1.22. The first-order chi connectivity index (χ1) is 8.76. The molecule has 0 amide bonds. The molecule has 4 heteroatoms. The summed E-state index contributed by atoms with van der Waals surface area (Å²) in [6.45, 7) is 1.97. The molecule has 90 valence electrons. The second kappa shape index (κ2) is 4.46. The summed E-state index contributed by atoms with van der Waals surface area (Å²) in [4.78, 5) is 13.5. The van der Waals surface area contributed by atoms with E-state index in [1.165, 1.54) is 4.90 Å². The van der Waals surface area contributed by atoms with Crippen LogP contribution in [-0.2, 0) is 0 Å². The van der Waals surface area contributed by atoms with Crippen molar-refractivity contribution in [3.05, 3.63) is 42.1 Å². The quantitative estimate of drug-likeness (QED) is 0.711. The Morgan fingerprint density at radius 3 is 2.50 bits per heavy atom. The van der Waals surface area contributed by atoms with Gasteiger partial charge in [-0.05, 0) is 37.4 Å². The van der Waals surface area contributed by atoms with Crippen LogP contribution in [0.25, 0.3) is 22.6 Å². The van der Waals surface area contributed by atoms with Crippen LogP contribution in [0.5, 0.6) is 0 Å². The molecule has 0 atom stereocenters. The topological polar surface area (TPSA) is 41.6 Å². The highest BCUT2D eigenvalue weighted by atomic mass is 32.2. The first kappa shape index (κ1) is 11.3. The highest BCUT2D eigenvalue weighted by Crippen LogP contribution is 2.22. The molecule has 3 nitrogen and oxygen atoms in total. The molecule has 2 heterocycles. The van der Waals surface area contributed by atoms with E-state index in [0.29, 0.717) is 0 Å². The van der Waals surface area contributed by atoms with Gasteiger partial charge in [0.05, 0.1) is 5.52 Å². The molecule has 0 aliphatic rings. The lowest BCUT2D eigenvalue weighted by atomic mass is 10.2. The van der Waals surface area contributed by atoms with Crippen LogP contribution < -0.4 is 0 Å². The van der Waals surface area contributed by atoms with Crippen molar-refractivity contribution in [2.45, 2.75) is 11.8 Å².